The van der Waals surface area contributed by atoms with Crippen molar-refractivity contribution in [1.82, 2.24) is 4.98 Å². The van der Waals surface area contributed by atoms with Gasteiger partial charge < -0.3 is 4.74 Å². The minimum absolute atomic E-state index is 0.0577. The van der Waals surface area contributed by atoms with Gasteiger partial charge in [0.05, 0.1) is 7.11 Å². The van der Waals surface area contributed by atoms with Crippen molar-refractivity contribution in [1.29, 1.82) is 0 Å². The smallest absolute Gasteiger partial charge is 0.265 e. The molecule has 0 atom stereocenters. The topological polar surface area (TPSA) is 22.1 Å². The zero-order chi connectivity index (χ0) is 9.84. The van der Waals surface area contributed by atoms with E-state index in [0.717, 1.165) is 6.20 Å². The molecule has 0 amide bonds. The Bertz CT molecular complexity index is 293. The molecule has 0 saturated heterocycles. The summed E-state index contributed by atoms with van der Waals surface area (Å²) < 4.78 is 29.5. The molecule has 0 aromatic carbocycles. The molecular weight excluding hydrogens is 244 g/mol. The maximum atomic E-state index is 12.3. The summed E-state index contributed by atoms with van der Waals surface area (Å²) in [6.07, 6.45) is -1.36. The third-order valence-corrected chi connectivity index (χ3v) is 2.19. The van der Waals surface area contributed by atoms with Crippen LogP contribution in [-0.2, 0) is 5.33 Å². The van der Waals surface area contributed by atoms with Crippen LogP contribution in [0, 0.1) is 0 Å². The zero-order valence-corrected chi connectivity index (χ0v) is 8.51. The summed E-state index contributed by atoms with van der Waals surface area (Å²) in [5.74, 6) is 0.346. The fraction of sp³-hybridized carbons (Fsp3) is 0.375. The Hall–Kier alpha value is -0.710. The van der Waals surface area contributed by atoms with Gasteiger partial charge in [-0.3, -0.25) is 0 Å². The summed E-state index contributed by atoms with van der Waals surface area (Å²) in [7, 11) is 1.45. The molecule has 0 N–H and O–H groups in total. The lowest BCUT2D eigenvalue weighted by Gasteiger charge is -2.06. The van der Waals surface area contributed by atoms with Crippen molar-refractivity contribution in [2.24, 2.45) is 0 Å². The van der Waals surface area contributed by atoms with Crippen molar-refractivity contribution >= 4 is 15.9 Å². The Morgan fingerprint density at radius 2 is 2.31 bits per heavy atom. The van der Waals surface area contributed by atoms with Crippen LogP contribution >= 0.6 is 15.9 Å². The van der Waals surface area contributed by atoms with Crippen LogP contribution in [0.4, 0.5) is 8.78 Å². The highest BCUT2D eigenvalue weighted by Gasteiger charge is 2.13. The second kappa shape index (κ2) is 4.50. The zero-order valence-electron chi connectivity index (χ0n) is 6.93. The number of aromatic nitrogens is 1. The van der Waals surface area contributed by atoms with Crippen LogP contribution in [0.1, 0.15) is 17.6 Å². The normalized spacial score (nSPS) is 10.5. The van der Waals surface area contributed by atoms with Gasteiger partial charge in [-0.1, -0.05) is 15.9 Å². The molecule has 0 radical (unpaired) electrons. The number of nitrogens with zero attached hydrogens (tertiary/aromatic N) is 1. The molecule has 13 heavy (non-hydrogen) atoms. The van der Waals surface area contributed by atoms with E-state index < -0.39 is 6.43 Å². The average Bonchev–Trinajstić information content (AvgIpc) is 2.16. The number of hydrogen-bond acceptors (Lipinski definition) is 2. The highest BCUT2D eigenvalue weighted by Crippen LogP contribution is 2.26. The molecule has 5 heteroatoms. The Balaban J connectivity index is 3.08. The molecule has 0 aliphatic rings. The minimum Gasteiger partial charge on any atom is -0.481 e. The summed E-state index contributed by atoms with van der Waals surface area (Å²) in [5.41, 5.74) is 0.444. The standard InChI is InChI=1S/C8H8BrF2NO/c1-13-7-2-5(3-9)6(4-12-7)8(10)11/h2,4,8H,3H2,1H3. The molecule has 0 bridgehead atoms. The largest absolute Gasteiger partial charge is 0.481 e. The van der Waals surface area contributed by atoms with Gasteiger partial charge in [-0.25, -0.2) is 13.8 Å². The van der Waals surface area contributed by atoms with Crippen molar-refractivity contribution in [3.63, 3.8) is 0 Å². The lowest BCUT2D eigenvalue weighted by molar-refractivity contribution is 0.150. The van der Waals surface area contributed by atoms with E-state index in [1.54, 1.807) is 0 Å². The van der Waals surface area contributed by atoms with Gasteiger partial charge in [-0.15, -0.1) is 0 Å². The van der Waals surface area contributed by atoms with Crippen molar-refractivity contribution in [2.75, 3.05) is 7.11 Å². The van der Waals surface area contributed by atoms with E-state index in [9.17, 15) is 8.78 Å². The molecule has 0 aliphatic heterocycles. The second-order valence-corrected chi connectivity index (χ2v) is 2.92. The summed E-state index contributed by atoms with van der Waals surface area (Å²) in [6, 6.07) is 1.50. The van der Waals surface area contributed by atoms with Gasteiger partial charge in [0.15, 0.2) is 0 Å². The summed E-state index contributed by atoms with van der Waals surface area (Å²) >= 11 is 3.12. The van der Waals surface area contributed by atoms with Crippen molar-refractivity contribution in [3.05, 3.63) is 23.4 Å². The van der Waals surface area contributed by atoms with E-state index in [-0.39, 0.29) is 5.56 Å². The maximum absolute atomic E-state index is 12.3. The molecule has 1 rings (SSSR count). The third-order valence-electron chi connectivity index (χ3n) is 1.59. The van der Waals surface area contributed by atoms with E-state index in [2.05, 4.69) is 20.9 Å². The summed E-state index contributed by atoms with van der Waals surface area (Å²) in [5, 5.41) is 0.367. The number of rotatable bonds is 3. The number of pyridine rings is 1. The Morgan fingerprint density at radius 1 is 1.62 bits per heavy atom. The van der Waals surface area contributed by atoms with Gasteiger partial charge in [0, 0.05) is 23.2 Å². The Labute approximate surface area is 83.1 Å². The van der Waals surface area contributed by atoms with Crippen LogP contribution in [0.5, 0.6) is 5.88 Å². The SMILES string of the molecule is COc1cc(CBr)c(C(F)F)cn1. The molecule has 0 unspecified atom stereocenters. The number of methoxy groups -OCH3 is 1. The highest BCUT2D eigenvalue weighted by atomic mass is 79.9. The first-order valence-electron chi connectivity index (χ1n) is 3.56. The quantitative estimate of drug-likeness (QED) is 0.771. The van der Waals surface area contributed by atoms with Gasteiger partial charge in [0.2, 0.25) is 5.88 Å². The lowest BCUT2D eigenvalue weighted by Crippen LogP contribution is -1.96. The molecule has 72 valence electrons. The number of halogens is 3. The predicted molar refractivity (Wildman–Crippen MR) is 48.4 cm³/mol. The third kappa shape index (κ3) is 2.37. The first-order chi connectivity index (χ1) is 6.19. The van der Waals surface area contributed by atoms with Crippen LogP contribution in [0.15, 0.2) is 12.3 Å². The van der Waals surface area contributed by atoms with Gasteiger partial charge in [0.1, 0.15) is 0 Å². The van der Waals surface area contributed by atoms with E-state index in [1.807, 2.05) is 0 Å². The van der Waals surface area contributed by atoms with Crippen LogP contribution < -0.4 is 4.74 Å². The lowest BCUT2D eigenvalue weighted by atomic mass is 10.2. The van der Waals surface area contributed by atoms with Crippen molar-refractivity contribution in [2.45, 2.75) is 11.8 Å². The second-order valence-electron chi connectivity index (χ2n) is 2.36. The van der Waals surface area contributed by atoms with Gasteiger partial charge in [0.25, 0.3) is 6.43 Å². The van der Waals surface area contributed by atoms with Gasteiger partial charge >= 0.3 is 0 Å². The van der Waals surface area contributed by atoms with E-state index in [0.29, 0.717) is 16.8 Å². The fourth-order valence-corrected chi connectivity index (χ4v) is 1.40. The first-order valence-corrected chi connectivity index (χ1v) is 4.68. The fourth-order valence-electron chi connectivity index (χ4n) is 0.910. The van der Waals surface area contributed by atoms with Crippen molar-refractivity contribution < 1.29 is 13.5 Å². The molecule has 0 spiro atoms. The number of hydrogen-bond donors (Lipinski definition) is 0. The Morgan fingerprint density at radius 3 is 2.77 bits per heavy atom. The van der Waals surface area contributed by atoms with Gasteiger partial charge in [-0.2, -0.15) is 0 Å². The predicted octanol–water partition coefficient (Wildman–Crippen LogP) is 2.92. The minimum atomic E-state index is -2.49. The van der Waals surface area contributed by atoms with Gasteiger partial charge in [-0.05, 0) is 5.56 Å². The van der Waals surface area contributed by atoms with E-state index in [4.69, 9.17) is 4.74 Å². The van der Waals surface area contributed by atoms with Crippen LogP contribution in [0.3, 0.4) is 0 Å². The van der Waals surface area contributed by atoms with Crippen LogP contribution in [0.2, 0.25) is 0 Å². The Kier molecular flexibility index (Phi) is 3.59. The summed E-state index contributed by atoms with van der Waals surface area (Å²) in [6.45, 7) is 0. The van der Waals surface area contributed by atoms with Crippen LogP contribution in [0.25, 0.3) is 0 Å². The molecule has 1 aromatic heterocycles. The molecular formula is C8H8BrF2NO. The van der Waals surface area contributed by atoms with Crippen LogP contribution in [-0.4, -0.2) is 12.1 Å². The number of ether oxygens (including phenoxy) is 1. The molecule has 1 aromatic rings. The molecule has 2 nitrogen and oxygen atoms in total. The van der Waals surface area contributed by atoms with Crippen molar-refractivity contribution in [3.8, 4) is 5.88 Å². The average molecular weight is 252 g/mol. The molecule has 0 fully saturated rings. The summed E-state index contributed by atoms with van der Waals surface area (Å²) in [4.78, 5) is 3.70. The molecule has 0 aliphatic carbocycles. The highest BCUT2D eigenvalue weighted by molar-refractivity contribution is 9.08. The molecule has 1 heterocycles. The number of alkyl halides is 3. The maximum Gasteiger partial charge on any atom is 0.265 e. The van der Waals surface area contributed by atoms with E-state index >= 15 is 0 Å². The molecule has 0 saturated carbocycles. The van der Waals surface area contributed by atoms with E-state index in [1.165, 1.54) is 13.2 Å². The monoisotopic (exact) mass is 251 g/mol. The first kappa shape index (κ1) is 10.4.